The summed E-state index contributed by atoms with van der Waals surface area (Å²) in [5.41, 5.74) is 0.0549. The molecule has 0 radical (unpaired) electrons. The van der Waals surface area contributed by atoms with E-state index in [1.807, 2.05) is 0 Å². The van der Waals surface area contributed by atoms with E-state index in [4.69, 9.17) is 21.6 Å². The Bertz CT molecular complexity index is 477. The van der Waals surface area contributed by atoms with Gasteiger partial charge in [-0.1, -0.05) is 11.6 Å². The molecule has 0 amide bonds. The Morgan fingerprint density at radius 1 is 1.62 bits per heavy atom. The molecule has 0 saturated heterocycles. The Morgan fingerprint density at radius 3 is 2.81 bits per heavy atom. The van der Waals surface area contributed by atoms with Gasteiger partial charge in [-0.3, -0.25) is 4.79 Å². The van der Waals surface area contributed by atoms with Crippen molar-refractivity contribution in [3.05, 3.63) is 33.8 Å². The smallest absolute Gasteiger partial charge is 0.340 e. The zero-order valence-electron chi connectivity index (χ0n) is 8.49. The molecule has 4 nitrogen and oxygen atoms in total. The number of carbonyl (C=O) groups excluding carboxylic acids is 2. The highest BCUT2D eigenvalue weighted by Gasteiger charge is 2.18. The molecule has 82 valence electrons. The van der Waals surface area contributed by atoms with Gasteiger partial charge >= 0.3 is 5.97 Å². The van der Waals surface area contributed by atoms with Crippen LogP contribution in [0, 0.1) is 11.3 Å². The van der Waals surface area contributed by atoms with Gasteiger partial charge in [0.15, 0.2) is 6.29 Å². The minimum atomic E-state index is -0.696. The van der Waals surface area contributed by atoms with Gasteiger partial charge in [-0.25, -0.2) is 4.79 Å². The van der Waals surface area contributed by atoms with Crippen molar-refractivity contribution in [3.63, 3.8) is 0 Å². The predicted molar refractivity (Wildman–Crippen MR) is 57.5 cm³/mol. The number of nitriles is 1. The van der Waals surface area contributed by atoms with E-state index >= 15 is 0 Å². The Balaban J connectivity index is 3.40. The molecule has 0 saturated carbocycles. The number of aldehydes is 1. The average Bonchev–Trinajstić information content (AvgIpc) is 2.27. The van der Waals surface area contributed by atoms with Gasteiger partial charge in [0, 0.05) is 10.6 Å². The third-order valence-corrected chi connectivity index (χ3v) is 2.08. The topological polar surface area (TPSA) is 67.2 Å². The van der Waals surface area contributed by atoms with Crippen molar-refractivity contribution in [2.24, 2.45) is 0 Å². The van der Waals surface area contributed by atoms with E-state index < -0.39 is 5.97 Å². The summed E-state index contributed by atoms with van der Waals surface area (Å²) in [6.45, 7) is 1.81. The third-order valence-electron chi connectivity index (χ3n) is 1.86. The zero-order valence-corrected chi connectivity index (χ0v) is 9.25. The number of esters is 1. The summed E-state index contributed by atoms with van der Waals surface area (Å²) in [7, 11) is 0. The van der Waals surface area contributed by atoms with Gasteiger partial charge in [0.05, 0.1) is 17.7 Å². The van der Waals surface area contributed by atoms with Crippen LogP contribution in [0.2, 0.25) is 5.02 Å². The standard InChI is InChI=1S/C11H8ClNO3/c1-2-16-11(15)10-7(5-13)3-9(12)4-8(10)6-14/h3-4,6H,2H2,1H3. The van der Waals surface area contributed by atoms with Crippen molar-refractivity contribution in [2.45, 2.75) is 6.92 Å². The SMILES string of the molecule is CCOC(=O)c1c(C#N)cc(Cl)cc1C=O. The molecule has 0 aliphatic rings. The first-order chi connectivity index (χ1) is 7.63. The first kappa shape index (κ1) is 12.2. The van der Waals surface area contributed by atoms with Crippen LogP contribution in [0.5, 0.6) is 0 Å². The average molecular weight is 238 g/mol. The maximum atomic E-state index is 11.5. The van der Waals surface area contributed by atoms with E-state index in [0.29, 0.717) is 6.29 Å². The molecule has 0 bridgehead atoms. The zero-order chi connectivity index (χ0) is 12.1. The number of hydrogen-bond donors (Lipinski definition) is 0. The summed E-state index contributed by atoms with van der Waals surface area (Å²) in [4.78, 5) is 22.3. The van der Waals surface area contributed by atoms with Gasteiger partial charge in [0.2, 0.25) is 0 Å². The number of nitrogens with zero attached hydrogens (tertiary/aromatic N) is 1. The second-order valence-corrected chi connectivity index (χ2v) is 3.30. The Morgan fingerprint density at radius 2 is 2.31 bits per heavy atom. The first-order valence-electron chi connectivity index (χ1n) is 4.50. The van der Waals surface area contributed by atoms with Gasteiger partial charge in [0.1, 0.15) is 6.07 Å². The molecule has 1 rings (SSSR count). The monoisotopic (exact) mass is 237 g/mol. The van der Waals surface area contributed by atoms with Crippen LogP contribution < -0.4 is 0 Å². The number of benzene rings is 1. The predicted octanol–water partition coefficient (Wildman–Crippen LogP) is 2.20. The highest BCUT2D eigenvalue weighted by atomic mass is 35.5. The molecular formula is C11H8ClNO3. The van der Waals surface area contributed by atoms with Gasteiger partial charge in [-0.05, 0) is 19.1 Å². The maximum Gasteiger partial charge on any atom is 0.340 e. The van der Waals surface area contributed by atoms with Crippen LogP contribution in [0.4, 0.5) is 0 Å². The van der Waals surface area contributed by atoms with Crippen LogP contribution in [0.25, 0.3) is 0 Å². The van der Waals surface area contributed by atoms with Crippen molar-refractivity contribution in [3.8, 4) is 6.07 Å². The largest absolute Gasteiger partial charge is 0.462 e. The lowest BCUT2D eigenvalue weighted by atomic mass is 10.0. The summed E-state index contributed by atoms with van der Waals surface area (Å²) >= 11 is 5.70. The fourth-order valence-corrected chi connectivity index (χ4v) is 1.47. The lowest BCUT2D eigenvalue weighted by Crippen LogP contribution is -2.10. The normalized spacial score (nSPS) is 9.31. The van der Waals surface area contributed by atoms with Crippen LogP contribution in [0.3, 0.4) is 0 Å². The van der Waals surface area contributed by atoms with Crippen LogP contribution in [-0.2, 0) is 4.74 Å². The molecule has 16 heavy (non-hydrogen) atoms. The Kier molecular flexibility index (Phi) is 4.03. The summed E-state index contributed by atoms with van der Waals surface area (Å²) in [6, 6.07) is 4.45. The fraction of sp³-hybridized carbons (Fsp3) is 0.182. The highest BCUT2D eigenvalue weighted by molar-refractivity contribution is 6.31. The van der Waals surface area contributed by atoms with E-state index in [1.165, 1.54) is 12.1 Å². The van der Waals surface area contributed by atoms with E-state index in [2.05, 4.69) is 0 Å². The molecule has 0 N–H and O–H groups in total. The van der Waals surface area contributed by atoms with Crippen molar-refractivity contribution < 1.29 is 14.3 Å². The summed E-state index contributed by atoms with van der Waals surface area (Å²) in [5.74, 6) is -0.696. The molecule has 0 aliphatic heterocycles. The van der Waals surface area contributed by atoms with Crippen molar-refractivity contribution in [1.82, 2.24) is 0 Å². The number of halogens is 1. The molecule has 0 aromatic heterocycles. The molecular weight excluding hydrogens is 230 g/mol. The van der Waals surface area contributed by atoms with Crippen LogP contribution >= 0.6 is 11.6 Å². The van der Waals surface area contributed by atoms with E-state index in [0.717, 1.165) is 0 Å². The van der Waals surface area contributed by atoms with Crippen molar-refractivity contribution >= 4 is 23.9 Å². The molecule has 0 heterocycles. The quantitative estimate of drug-likeness (QED) is 0.597. The maximum absolute atomic E-state index is 11.5. The van der Waals surface area contributed by atoms with E-state index in [9.17, 15) is 9.59 Å². The van der Waals surface area contributed by atoms with Crippen molar-refractivity contribution in [1.29, 1.82) is 5.26 Å². The third kappa shape index (κ3) is 2.38. The number of rotatable bonds is 3. The van der Waals surface area contributed by atoms with Gasteiger partial charge in [0.25, 0.3) is 0 Å². The molecule has 0 unspecified atom stereocenters. The second-order valence-electron chi connectivity index (χ2n) is 2.87. The van der Waals surface area contributed by atoms with Gasteiger partial charge in [-0.15, -0.1) is 0 Å². The molecule has 0 atom stereocenters. The van der Waals surface area contributed by atoms with Crippen LogP contribution in [-0.4, -0.2) is 18.9 Å². The Hall–Kier alpha value is -1.86. The molecule has 5 heteroatoms. The number of hydrogen-bond acceptors (Lipinski definition) is 4. The van der Waals surface area contributed by atoms with Crippen LogP contribution in [0.1, 0.15) is 33.2 Å². The molecule has 0 spiro atoms. The highest BCUT2D eigenvalue weighted by Crippen LogP contribution is 2.20. The fourth-order valence-electron chi connectivity index (χ4n) is 1.24. The summed E-state index contributed by atoms with van der Waals surface area (Å²) < 4.78 is 4.76. The summed E-state index contributed by atoms with van der Waals surface area (Å²) in [5, 5.41) is 9.08. The minimum Gasteiger partial charge on any atom is -0.462 e. The summed E-state index contributed by atoms with van der Waals surface area (Å²) in [6.07, 6.45) is 0.471. The lowest BCUT2D eigenvalue weighted by molar-refractivity contribution is 0.0524. The van der Waals surface area contributed by atoms with Gasteiger partial charge in [-0.2, -0.15) is 5.26 Å². The molecule has 1 aromatic carbocycles. The number of ether oxygens (including phenoxy) is 1. The lowest BCUT2D eigenvalue weighted by Gasteiger charge is -2.06. The molecule has 0 aliphatic carbocycles. The van der Waals surface area contributed by atoms with Crippen LogP contribution in [0.15, 0.2) is 12.1 Å². The number of carbonyl (C=O) groups is 2. The first-order valence-corrected chi connectivity index (χ1v) is 4.87. The Labute approximate surface area is 97.4 Å². The van der Waals surface area contributed by atoms with E-state index in [1.54, 1.807) is 13.0 Å². The molecule has 1 aromatic rings. The van der Waals surface area contributed by atoms with Gasteiger partial charge < -0.3 is 4.74 Å². The molecule has 0 fully saturated rings. The van der Waals surface area contributed by atoms with E-state index in [-0.39, 0.29) is 28.3 Å². The second kappa shape index (κ2) is 5.29. The van der Waals surface area contributed by atoms with Crippen molar-refractivity contribution in [2.75, 3.05) is 6.61 Å². The minimum absolute atomic E-state index is 0.0352.